The Morgan fingerprint density at radius 3 is 2.29 bits per heavy atom. The number of rotatable bonds is 2. The predicted octanol–water partition coefficient (Wildman–Crippen LogP) is 4.51. The minimum absolute atomic E-state index is 0.00941. The molecule has 1 aromatic heterocycles. The molecule has 0 spiro atoms. The summed E-state index contributed by atoms with van der Waals surface area (Å²) in [5.74, 6) is 0.873. The molecule has 0 fully saturated rings. The third kappa shape index (κ3) is 2.71. The summed E-state index contributed by atoms with van der Waals surface area (Å²) in [5, 5.41) is 1.70. The maximum absolute atomic E-state index is 12.4. The second-order valence-corrected chi connectivity index (χ2v) is 7.17. The predicted molar refractivity (Wildman–Crippen MR) is 99.9 cm³/mol. The van der Waals surface area contributed by atoms with E-state index in [-0.39, 0.29) is 11.0 Å². The summed E-state index contributed by atoms with van der Waals surface area (Å²) < 4.78 is 7.27. The van der Waals surface area contributed by atoms with E-state index in [4.69, 9.17) is 4.74 Å². The highest BCUT2D eigenvalue weighted by Gasteiger charge is 2.19. The number of benzene rings is 2. The van der Waals surface area contributed by atoms with Gasteiger partial charge in [0.25, 0.3) is 5.56 Å². The molecule has 0 radical (unpaired) electrons. The number of pyridine rings is 1. The Hall–Kier alpha value is -2.55. The van der Waals surface area contributed by atoms with Gasteiger partial charge in [0, 0.05) is 24.2 Å². The molecule has 0 aliphatic carbocycles. The van der Waals surface area contributed by atoms with Crippen molar-refractivity contribution in [1.82, 2.24) is 4.57 Å². The van der Waals surface area contributed by atoms with Crippen molar-refractivity contribution < 1.29 is 4.74 Å². The molecule has 0 bridgehead atoms. The largest absolute Gasteiger partial charge is 0.496 e. The van der Waals surface area contributed by atoms with Gasteiger partial charge in [0.05, 0.1) is 7.11 Å². The molecule has 0 unspecified atom stereocenters. The first kappa shape index (κ1) is 16.3. The molecule has 24 heavy (non-hydrogen) atoms. The maximum atomic E-state index is 12.4. The Kier molecular flexibility index (Phi) is 3.96. The van der Waals surface area contributed by atoms with Crippen molar-refractivity contribution in [1.29, 1.82) is 0 Å². The quantitative estimate of drug-likeness (QED) is 0.695. The van der Waals surface area contributed by atoms with Crippen molar-refractivity contribution in [2.75, 3.05) is 7.11 Å². The van der Waals surface area contributed by atoms with Crippen molar-refractivity contribution >= 4 is 10.8 Å². The summed E-state index contributed by atoms with van der Waals surface area (Å²) in [5.41, 5.74) is 3.28. The highest BCUT2D eigenvalue weighted by atomic mass is 16.5. The minimum Gasteiger partial charge on any atom is -0.496 e. The van der Waals surface area contributed by atoms with E-state index in [1.54, 1.807) is 18.7 Å². The maximum Gasteiger partial charge on any atom is 0.258 e. The number of hydrogen-bond donors (Lipinski definition) is 0. The highest BCUT2D eigenvalue weighted by Crippen LogP contribution is 2.36. The lowest BCUT2D eigenvalue weighted by Gasteiger charge is -2.23. The fraction of sp³-hybridized carbons (Fsp3) is 0.286. The zero-order chi connectivity index (χ0) is 17.5. The van der Waals surface area contributed by atoms with Crippen LogP contribution < -0.4 is 10.3 Å². The Balaban J connectivity index is 2.29. The number of ether oxygens (including phenoxy) is 1. The molecule has 124 valence electrons. The van der Waals surface area contributed by atoms with Crippen molar-refractivity contribution in [2.45, 2.75) is 26.2 Å². The zero-order valence-corrected chi connectivity index (χ0v) is 14.9. The summed E-state index contributed by atoms with van der Waals surface area (Å²) in [6, 6.07) is 14.0. The van der Waals surface area contributed by atoms with Crippen molar-refractivity contribution in [3.8, 4) is 16.9 Å². The van der Waals surface area contributed by atoms with E-state index in [1.165, 1.54) is 5.56 Å². The van der Waals surface area contributed by atoms with Crippen LogP contribution in [0, 0.1) is 0 Å². The monoisotopic (exact) mass is 321 g/mol. The third-order valence-electron chi connectivity index (χ3n) is 4.41. The van der Waals surface area contributed by atoms with E-state index in [2.05, 4.69) is 39.0 Å². The van der Waals surface area contributed by atoms with Gasteiger partial charge in [-0.15, -0.1) is 0 Å². The van der Waals surface area contributed by atoms with Gasteiger partial charge in [-0.05, 0) is 34.1 Å². The van der Waals surface area contributed by atoms with Crippen molar-refractivity contribution in [2.24, 2.45) is 7.05 Å². The fourth-order valence-electron chi connectivity index (χ4n) is 3.12. The Bertz CT molecular complexity index is 962. The number of hydrogen-bond acceptors (Lipinski definition) is 2. The first-order valence-electron chi connectivity index (χ1n) is 8.10. The number of methoxy groups -OCH3 is 1. The van der Waals surface area contributed by atoms with E-state index < -0.39 is 0 Å². The Morgan fingerprint density at radius 1 is 1.00 bits per heavy atom. The number of nitrogens with zero attached hydrogens (tertiary/aromatic N) is 1. The van der Waals surface area contributed by atoms with Gasteiger partial charge in [-0.25, -0.2) is 0 Å². The molecule has 0 saturated heterocycles. The summed E-state index contributed by atoms with van der Waals surface area (Å²) >= 11 is 0. The van der Waals surface area contributed by atoms with Gasteiger partial charge in [0.15, 0.2) is 0 Å². The molecule has 0 aliphatic rings. The molecule has 2 aromatic carbocycles. The first-order valence-corrected chi connectivity index (χ1v) is 8.10. The summed E-state index contributed by atoms with van der Waals surface area (Å²) in [6.07, 6.45) is 1.90. The molecule has 0 aliphatic heterocycles. The topological polar surface area (TPSA) is 31.2 Å². The average Bonchev–Trinajstić information content (AvgIpc) is 2.56. The van der Waals surface area contributed by atoms with E-state index in [0.717, 1.165) is 27.6 Å². The molecule has 3 nitrogen and oxygen atoms in total. The highest BCUT2D eigenvalue weighted by molar-refractivity contribution is 5.96. The molecule has 0 N–H and O–H groups in total. The summed E-state index contributed by atoms with van der Waals surface area (Å²) in [7, 11) is 3.49. The lowest BCUT2D eigenvalue weighted by atomic mass is 9.85. The van der Waals surface area contributed by atoms with Crippen molar-refractivity contribution in [3.63, 3.8) is 0 Å². The second kappa shape index (κ2) is 5.82. The average molecular weight is 321 g/mol. The van der Waals surface area contributed by atoms with Crippen LogP contribution in [0.5, 0.6) is 5.75 Å². The van der Waals surface area contributed by atoms with Gasteiger partial charge >= 0.3 is 0 Å². The molecule has 3 rings (SSSR count). The smallest absolute Gasteiger partial charge is 0.258 e. The number of aromatic nitrogens is 1. The second-order valence-electron chi connectivity index (χ2n) is 7.17. The van der Waals surface area contributed by atoms with E-state index >= 15 is 0 Å². The van der Waals surface area contributed by atoms with Crippen LogP contribution in [0.15, 0.2) is 53.5 Å². The van der Waals surface area contributed by atoms with E-state index in [0.29, 0.717) is 0 Å². The van der Waals surface area contributed by atoms with Gasteiger partial charge in [-0.3, -0.25) is 4.79 Å². The van der Waals surface area contributed by atoms with Crippen LogP contribution in [0.2, 0.25) is 0 Å². The van der Waals surface area contributed by atoms with Crippen LogP contribution >= 0.6 is 0 Å². The standard InChI is InChI=1S/C21H23NO2/c1-21(2,3)18-11-10-14(12-19(18)24-5)17-13-22(4)20(23)16-9-7-6-8-15(16)17/h6-13H,1-5H3. The van der Waals surface area contributed by atoms with Gasteiger partial charge in [-0.2, -0.15) is 0 Å². The van der Waals surface area contributed by atoms with Crippen LogP contribution in [0.4, 0.5) is 0 Å². The normalized spacial score (nSPS) is 11.7. The lowest BCUT2D eigenvalue weighted by molar-refractivity contribution is 0.398. The molecule has 0 amide bonds. The van der Waals surface area contributed by atoms with Crippen LogP contribution in [0.25, 0.3) is 21.9 Å². The number of fused-ring (bicyclic) bond motifs is 1. The molecular weight excluding hydrogens is 298 g/mol. The fourth-order valence-corrected chi connectivity index (χ4v) is 3.12. The van der Waals surface area contributed by atoms with Gasteiger partial charge in [0.2, 0.25) is 0 Å². The molecule has 0 saturated carbocycles. The van der Waals surface area contributed by atoms with Crippen LogP contribution in [-0.4, -0.2) is 11.7 Å². The van der Waals surface area contributed by atoms with E-state index in [1.807, 2.05) is 30.5 Å². The summed E-state index contributed by atoms with van der Waals surface area (Å²) in [6.45, 7) is 6.52. The van der Waals surface area contributed by atoms with Crippen LogP contribution in [0.3, 0.4) is 0 Å². The molecule has 1 heterocycles. The Morgan fingerprint density at radius 2 is 1.67 bits per heavy atom. The SMILES string of the molecule is COc1cc(-c2cn(C)c(=O)c3ccccc23)ccc1C(C)(C)C. The zero-order valence-electron chi connectivity index (χ0n) is 14.9. The van der Waals surface area contributed by atoms with Crippen molar-refractivity contribution in [3.05, 3.63) is 64.6 Å². The third-order valence-corrected chi connectivity index (χ3v) is 4.41. The van der Waals surface area contributed by atoms with Crippen LogP contribution in [-0.2, 0) is 12.5 Å². The minimum atomic E-state index is 0.00941. The molecule has 0 atom stereocenters. The van der Waals surface area contributed by atoms with E-state index in [9.17, 15) is 4.79 Å². The van der Waals surface area contributed by atoms with Gasteiger partial charge in [-0.1, -0.05) is 51.1 Å². The molecule has 3 aromatic rings. The Labute approximate surface area is 142 Å². The first-order chi connectivity index (χ1) is 11.3. The van der Waals surface area contributed by atoms with Crippen LogP contribution in [0.1, 0.15) is 26.3 Å². The summed E-state index contributed by atoms with van der Waals surface area (Å²) in [4.78, 5) is 12.4. The molecule has 3 heteroatoms. The van der Waals surface area contributed by atoms with Gasteiger partial charge in [0.1, 0.15) is 5.75 Å². The number of aryl methyl sites for hydroxylation is 1. The lowest BCUT2D eigenvalue weighted by Crippen LogP contribution is -2.16. The van der Waals surface area contributed by atoms with Gasteiger partial charge < -0.3 is 9.30 Å². The molecular formula is C21H23NO2.